The molecule has 2 aromatic carbocycles. The predicted octanol–water partition coefficient (Wildman–Crippen LogP) is 12.2. The second-order valence-corrected chi connectivity index (χ2v) is 14.3. The number of nitrogens with zero attached hydrogens (tertiary/aromatic N) is 3. The Kier molecular flexibility index (Phi) is 20.5. The van der Waals surface area contributed by atoms with E-state index in [0.717, 1.165) is 48.3 Å². The second-order valence-electron chi connectivity index (χ2n) is 11.5. The maximum atomic E-state index is 12.1. The number of H-pyrrole nitrogens is 1. The van der Waals surface area contributed by atoms with Crippen LogP contribution in [0.1, 0.15) is 90.9 Å². The van der Waals surface area contributed by atoms with Gasteiger partial charge in [0.1, 0.15) is 5.69 Å². The lowest BCUT2D eigenvalue weighted by Crippen LogP contribution is -2.15. The normalized spacial score (nSPS) is 10.6. The first-order valence-corrected chi connectivity index (χ1v) is 20.1. The summed E-state index contributed by atoms with van der Waals surface area (Å²) in [6.07, 6.45) is 14.4. The number of benzene rings is 2. The zero-order valence-electron chi connectivity index (χ0n) is 28.9. The highest BCUT2D eigenvalue weighted by molar-refractivity contribution is 8.13. The SMILES string of the molecule is CCCCCCCCSC(=O)Oc1cc(Cl)n[nH+]c1-c1ccccc1.CCCCCCCCSC(=O)Oc1cc(Cl)nnc1-c1ccccc1. The molecule has 1 N–H and O–H groups in total. The number of thioether (sulfide) groups is 2. The van der Waals surface area contributed by atoms with Gasteiger partial charge in [-0.1, -0.05) is 155 Å². The molecule has 4 aromatic rings. The van der Waals surface area contributed by atoms with Gasteiger partial charge in [-0.25, -0.2) is 9.59 Å². The van der Waals surface area contributed by atoms with Crippen molar-refractivity contribution in [3.63, 3.8) is 0 Å². The fraction of sp³-hybridized carbons (Fsp3) is 0.421. The number of halogens is 2. The van der Waals surface area contributed by atoms with Crippen LogP contribution in [0.5, 0.6) is 11.5 Å². The lowest BCUT2D eigenvalue weighted by Gasteiger charge is -2.09. The van der Waals surface area contributed by atoms with Crippen LogP contribution in [0.15, 0.2) is 72.8 Å². The predicted molar refractivity (Wildman–Crippen MR) is 207 cm³/mol. The fourth-order valence-corrected chi connectivity index (χ4v) is 6.42. The van der Waals surface area contributed by atoms with Gasteiger partial charge in [0.25, 0.3) is 5.69 Å². The van der Waals surface area contributed by atoms with E-state index in [1.54, 1.807) is 6.07 Å². The summed E-state index contributed by atoms with van der Waals surface area (Å²) in [7, 11) is 0. The van der Waals surface area contributed by atoms with Crippen LogP contribution in [0.4, 0.5) is 9.59 Å². The molecule has 0 aliphatic rings. The van der Waals surface area contributed by atoms with Crippen LogP contribution in [0, 0.1) is 0 Å². The number of ether oxygens (including phenoxy) is 2. The number of hydrogen-bond donors (Lipinski definition) is 0. The number of nitrogens with one attached hydrogen (secondary N) is 1. The molecule has 0 amide bonds. The lowest BCUT2D eigenvalue weighted by molar-refractivity contribution is -0.443. The molecule has 4 rings (SSSR count). The number of hydrogen-bond acceptors (Lipinski definition) is 9. The molecule has 0 fully saturated rings. The van der Waals surface area contributed by atoms with Crippen LogP contribution in [-0.2, 0) is 0 Å². The molecule has 0 saturated carbocycles. The maximum absolute atomic E-state index is 12.1. The molecule has 0 aliphatic carbocycles. The number of carbonyl (C=O) groups excluding carboxylic acids is 2. The Labute approximate surface area is 314 Å². The van der Waals surface area contributed by atoms with Crippen molar-refractivity contribution in [3.8, 4) is 34.0 Å². The molecule has 0 spiro atoms. The summed E-state index contributed by atoms with van der Waals surface area (Å²) in [5.74, 6) is 2.27. The van der Waals surface area contributed by atoms with E-state index in [1.807, 2.05) is 60.7 Å². The quantitative estimate of drug-likeness (QED) is 0.0724. The van der Waals surface area contributed by atoms with Crippen LogP contribution < -0.4 is 14.6 Å². The number of unbranched alkanes of at least 4 members (excludes halogenated alkanes) is 10. The molecule has 0 bridgehead atoms. The van der Waals surface area contributed by atoms with Gasteiger partial charge in [0.05, 0.1) is 5.56 Å². The van der Waals surface area contributed by atoms with E-state index in [4.69, 9.17) is 32.7 Å². The summed E-state index contributed by atoms with van der Waals surface area (Å²) in [6.45, 7) is 4.41. The topological polar surface area (TPSA) is 105 Å². The summed E-state index contributed by atoms with van der Waals surface area (Å²) >= 11 is 14.2. The zero-order valence-corrected chi connectivity index (χ0v) is 32.0. The molecule has 8 nitrogen and oxygen atoms in total. The minimum absolute atomic E-state index is 0.198. The Morgan fingerprint density at radius 1 is 0.620 bits per heavy atom. The van der Waals surface area contributed by atoms with Crippen LogP contribution >= 0.6 is 46.7 Å². The van der Waals surface area contributed by atoms with Crippen molar-refractivity contribution in [2.24, 2.45) is 0 Å². The summed E-state index contributed by atoms with van der Waals surface area (Å²) in [5.41, 5.74) is 2.86. The van der Waals surface area contributed by atoms with Gasteiger partial charge in [0, 0.05) is 34.3 Å². The third kappa shape index (κ3) is 16.2. The van der Waals surface area contributed by atoms with E-state index >= 15 is 0 Å². The minimum atomic E-state index is -0.338. The molecule has 12 heteroatoms. The average molecular weight is 759 g/mol. The maximum Gasteiger partial charge on any atom is 0.372 e. The minimum Gasteiger partial charge on any atom is -0.416 e. The van der Waals surface area contributed by atoms with Crippen molar-refractivity contribution >= 4 is 57.3 Å². The second kappa shape index (κ2) is 24.9. The van der Waals surface area contributed by atoms with Gasteiger partial charge in [0.15, 0.2) is 16.1 Å². The van der Waals surface area contributed by atoms with Crippen LogP contribution in [0.3, 0.4) is 0 Å². The molecule has 0 radical (unpaired) electrons. The van der Waals surface area contributed by atoms with Crippen LogP contribution in [0.2, 0.25) is 10.3 Å². The third-order valence-electron chi connectivity index (χ3n) is 7.43. The van der Waals surface area contributed by atoms with Gasteiger partial charge in [-0.2, -0.15) is 0 Å². The van der Waals surface area contributed by atoms with Crippen molar-refractivity contribution < 1.29 is 24.2 Å². The Hall–Kier alpha value is -3.18. The first-order chi connectivity index (χ1) is 24.4. The van der Waals surface area contributed by atoms with Crippen molar-refractivity contribution in [2.75, 3.05) is 11.5 Å². The molecule has 50 heavy (non-hydrogen) atoms. The first-order valence-electron chi connectivity index (χ1n) is 17.3. The van der Waals surface area contributed by atoms with E-state index in [9.17, 15) is 9.59 Å². The Morgan fingerprint density at radius 3 is 1.66 bits per heavy atom. The van der Waals surface area contributed by atoms with Crippen molar-refractivity contribution in [1.29, 1.82) is 0 Å². The smallest absolute Gasteiger partial charge is 0.372 e. The standard InChI is InChI=1S/2C19H23ClN2O2S/c2*1-2-3-4-5-6-10-13-25-19(23)24-16-14-17(20)21-22-18(16)15-11-8-7-9-12-15/h2*7-9,11-12,14H,2-6,10,13H2,1H3/p+1. The van der Waals surface area contributed by atoms with Gasteiger partial charge in [-0.15, -0.1) is 10.2 Å². The molecular formula is C38H47Cl2N4O4S2+. The number of carbonyl (C=O) groups is 2. The lowest BCUT2D eigenvalue weighted by atomic mass is 10.1. The Morgan fingerprint density at radius 2 is 1.10 bits per heavy atom. The molecule has 0 unspecified atom stereocenters. The van der Waals surface area contributed by atoms with Gasteiger partial charge in [-0.3, -0.25) is 0 Å². The van der Waals surface area contributed by atoms with Crippen molar-refractivity contribution in [1.82, 2.24) is 15.3 Å². The summed E-state index contributed by atoms with van der Waals surface area (Å²) in [4.78, 5) is 24.2. The summed E-state index contributed by atoms with van der Waals surface area (Å²) < 4.78 is 11.0. The van der Waals surface area contributed by atoms with E-state index in [-0.39, 0.29) is 20.9 Å². The third-order valence-corrected chi connectivity index (χ3v) is 9.43. The number of aromatic nitrogens is 4. The molecule has 0 saturated heterocycles. The van der Waals surface area contributed by atoms with E-state index in [2.05, 4.69) is 34.2 Å². The molecule has 2 heterocycles. The Balaban J connectivity index is 0.000000270. The number of aromatic amines is 1. The number of rotatable bonds is 18. The Bertz CT molecular complexity index is 1450. The first kappa shape index (κ1) is 41.2. The zero-order chi connectivity index (χ0) is 35.8. The highest BCUT2D eigenvalue weighted by Gasteiger charge is 2.19. The highest BCUT2D eigenvalue weighted by Crippen LogP contribution is 2.31. The van der Waals surface area contributed by atoms with E-state index in [1.165, 1.54) is 81.0 Å². The summed E-state index contributed by atoms with van der Waals surface area (Å²) in [5, 5.41) is 14.5. The van der Waals surface area contributed by atoms with Gasteiger partial charge >= 0.3 is 10.6 Å². The molecule has 0 atom stereocenters. The van der Waals surface area contributed by atoms with Crippen molar-refractivity contribution in [2.45, 2.75) is 90.9 Å². The van der Waals surface area contributed by atoms with E-state index < -0.39 is 0 Å². The van der Waals surface area contributed by atoms with Gasteiger partial charge in [0.2, 0.25) is 5.75 Å². The van der Waals surface area contributed by atoms with Crippen LogP contribution in [0.25, 0.3) is 22.5 Å². The van der Waals surface area contributed by atoms with Crippen LogP contribution in [-0.4, -0.2) is 37.4 Å². The van der Waals surface area contributed by atoms with Gasteiger partial charge < -0.3 is 9.47 Å². The molecule has 268 valence electrons. The van der Waals surface area contributed by atoms with E-state index in [0.29, 0.717) is 22.9 Å². The fourth-order valence-electron chi connectivity index (χ4n) is 4.81. The monoisotopic (exact) mass is 757 g/mol. The average Bonchev–Trinajstić information content (AvgIpc) is 3.12. The van der Waals surface area contributed by atoms with Gasteiger partial charge in [-0.05, 0) is 48.5 Å². The molecular weight excluding hydrogens is 711 g/mol. The largest absolute Gasteiger partial charge is 0.416 e. The molecule has 2 aromatic heterocycles. The molecule has 0 aliphatic heterocycles. The van der Waals surface area contributed by atoms with Crippen molar-refractivity contribution in [3.05, 3.63) is 83.1 Å². The highest BCUT2D eigenvalue weighted by atomic mass is 35.5. The summed E-state index contributed by atoms with van der Waals surface area (Å²) in [6, 6.07) is 22.2.